The van der Waals surface area contributed by atoms with E-state index in [4.69, 9.17) is 4.42 Å². The third-order valence-electron chi connectivity index (χ3n) is 3.70. The first-order valence-electron chi connectivity index (χ1n) is 7.98. The van der Waals surface area contributed by atoms with Crippen molar-refractivity contribution in [3.8, 4) is 0 Å². The molecule has 20 heavy (non-hydrogen) atoms. The van der Waals surface area contributed by atoms with Crippen LogP contribution < -0.4 is 5.32 Å². The van der Waals surface area contributed by atoms with Crippen LogP contribution in [0.1, 0.15) is 58.3 Å². The molecular weight excluding hydrogens is 248 g/mol. The van der Waals surface area contributed by atoms with Gasteiger partial charge in [-0.3, -0.25) is 0 Å². The van der Waals surface area contributed by atoms with Gasteiger partial charge in [0.05, 0.1) is 11.6 Å². The van der Waals surface area contributed by atoms with Gasteiger partial charge < -0.3 is 9.73 Å². The highest BCUT2D eigenvalue weighted by Crippen LogP contribution is 2.21. The summed E-state index contributed by atoms with van der Waals surface area (Å²) in [4.78, 5) is 4.38. The van der Waals surface area contributed by atoms with Gasteiger partial charge in [-0.1, -0.05) is 51.9 Å². The van der Waals surface area contributed by atoms with Crippen molar-refractivity contribution in [2.24, 2.45) is 0 Å². The molecule has 0 saturated carbocycles. The maximum absolute atomic E-state index is 5.37. The number of anilines is 1. The molecule has 0 atom stereocenters. The van der Waals surface area contributed by atoms with Gasteiger partial charge in [0.25, 0.3) is 0 Å². The molecule has 3 heteroatoms. The fourth-order valence-corrected chi connectivity index (χ4v) is 2.50. The molecule has 1 N–H and O–H groups in total. The summed E-state index contributed by atoms with van der Waals surface area (Å²) < 4.78 is 5.37. The standard InChI is InChI=1S/C17H26N2O/c1-2-3-4-5-6-7-8-9-12-18-17-15-11-14-20-16(15)10-13-19-17/h10-11,13-14H,2-9,12H2,1H3,(H,18,19). The average Bonchev–Trinajstić information content (AvgIpc) is 2.95. The number of rotatable bonds is 10. The molecule has 0 saturated heterocycles. The zero-order chi connectivity index (χ0) is 14.0. The van der Waals surface area contributed by atoms with Crippen molar-refractivity contribution in [3.05, 3.63) is 24.6 Å². The Kier molecular flexibility index (Phi) is 6.42. The summed E-state index contributed by atoms with van der Waals surface area (Å²) >= 11 is 0. The summed E-state index contributed by atoms with van der Waals surface area (Å²) in [5.41, 5.74) is 0.901. The van der Waals surface area contributed by atoms with E-state index in [9.17, 15) is 0 Å². The maximum Gasteiger partial charge on any atom is 0.139 e. The Morgan fingerprint density at radius 2 is 1.75 bits per heavy atom. The fraction of sp³-hybridized carbons (Fsp3) is 0.588. The number of pyridine rings is 1. The van der Waals surface area contributed by atoms with Gasteiger partial charge in [0.15, 0.2) is 0 Å². The molecule has 0 bridgehead atoms. The molecule has 0 unspecified atom stereocenters. The van der Waals surface area contributed by atoms with E-state index in [1.54, 1.807) is 12.5 Å². The third kappa shape index (κ3) is 4.55. The number of nitrogens with one attached hydrogen (secondary N) is 1. The van der Waals surface area contributed by atoms with Crippen LogP contribution in [0.3, 0.4) is 0 Å². The topological polar surface area (TPSA) is 38.1 Å². The Balaban J connectivity index is 1.58. The van der Waals surface area contributed by atoms with Crippen molar-refractivity contribution in [1.82, 2.24) is 4.98 Å². The van der Waals surface area contributed by atoms with Crippen molar-refractivity contribution < 1.29 is 4.42 Å². The molecule has 2 rings (SSSR count). The second-order valence-electron chi connectivity index (χ2n) is 5.39. The predicted octanol–water partition coefficient (Wildman–Crippen LogP) is 5.38. The van der Waals surface area contributed by atoms with E-state index in [1.807, 2.05) is 12.1 Å². The Bertz CT molecular complexity index is 492. The molecule has 0 radical (unpaired) electrons. The molecular formula is C17H26N2O. The SMILES string of the molecule is CCCCCCCCCCNc1nccc2occc12. The van der Waals surface area contributed by atoms with Gasteiger partial charge in [-0.15, -0.1) is 0 Å². The van der Waals surface area contributed by atoms with Crippen molar-refractivity contribution in [3.63, 3.8) is 0 Å². The van der Waals surface area contributed by atoms with Crippen LogP contribution in [0.2, 0.25) is 0 Å². The van der Waals surface area contributed by atoms with E-state index in [1.165, 1.54) is 51.4 Å². The minimum absolute atomic E-state index is 0.901. The van der Waals surface area contributed by atoms with E-state index in [-0.39, 0.29) is 0 Å². The molecule has 0 spiro atoms. The van der Waals surface area contributed by atoms with Crippen LogP contribution in [0.25, 0.3) is 11.0 Å². The zero-order valence-corrected chi connectivity index (χ0v) is 12.5. The van der Waals surface area contributed by atoms with Gasteiger partial charge in [-0.25, -0.2) is 4.98 Å². The number of hydrogen-bond acceptors (Lipinski definition) is 3. The van der Waals surface area contributed by atoms with Crippen molar-refractivity contribution >= 4 is 16.8 Å². The Morgan fingerprint density at radius 1 is 1.00 bits per heavy atom. The summed E-state index contributed by atoms with van der Waals surface area (Å²) in [6.07, 6.45) is 14.3. The maximum atomic E-state index is 5.37. The van der Waals surface area contributed by atoms with E-state index >= 15 is 0 Å². The second kappa shape index (κ2) is 8.62. The van der Waals surface area contributed by atoms with Crippen LogP contribution >= 0.6 is 0 Å². The minimum Gasteiger partial charge on any atom is -0.464 e. The molecule has 0 aliphatic rings. The molecule has 2 aromatic rings. The normalized spacial score (nSPS) is 11.1. The number of hydrogen-bond donors (Lipinski definition) is 1. The molecule has 0 aliphatic carbocycles. The lowest BCUT2D eigenvalue weighted by Gasteiger charge is -2.06. The zero-order valence-electron chi connectivity index (χ0n) is 12.5. The predicted molar refractivity (Wildman–Crippen MR) is 85.1 cm³/mol. The highest BCUT2D eigenvalue weighted by Gasteiger charge is 2.03. The summed E-state index contributed by atoms with van der Waals surface area (Å²) in [7, 11) is 0. The van der Waals surface area contributed by atoms with Gasteiger partial charge in [0, 0.05) is 12.7 Å². The van der Waals surface area contributed by atoms with Gasteiger partial charge in [-0.2, -0.15) is 0 Å². The number of aromatic nitrogens is 1. The molecule has 3 nitrogen and oxygen atoms in total. The lowest BCUT2D eigenvalue weighted by atomic mass is 10.1. The minimum atomic E-state index is 0.901. The number of fused-ring (bicyclic) bond motifs is 1. The van der Waals surface area contributed by atoms with Gasteiger partial charge in [0.1, 0.15) is 11.4 Å². The van der Waals surface area contributed by atoms with Gasteiger partial charge in [-0.05, 0) is 18.6 Å². The van der Waals surface area contributed by atoms with E-state index in [0.717, 1.165) is 23.3 Å². The number of unbranched alkanes of at least 4 members (excludes halogenated alkanes) is 7. The molecule has 0 amide bonds. The van der Waals surface area contributed by atoms with Crippen LogP contribution in [0.15, 0.2) is 29.0 Å². The molecule has 0 aliphatic heterocycles. The van der Waals surface area contributed by atoms with Crippen molar-refractivity contribution in [2.45, 2.75) is 58.3 Å². The summed E-state index contributed by atoms with van der Waals surface area (Å²) in [6.45, 7) is 3.26. The first-order valence-corrected chi connectivity index (χ1v) is 7.98. The van der Waals surface area contributed by atoms with E-state index in [0.29, 0.717) is 0 Å². The Labute approximate surface area is 121 Å². The first kappa shape index (κ1) is 14.9. The Hall–Kier alpha value is -1.51. The van der Waals surface area contributed by atoms with E-state index < -0.39 is 0 Å². The van der Waals surface area contributed by atoms with Crippen LogP contribution in [0.5, 0.6) is 0 Å². The molecule has 2 aromatic heterocycles. The quantitative estimate of drug-likeness (QED) is 0.591. The highest BCUT2D eigenvalue weighted by molar-refractivity contribution is 5.87. The average molecular weight is 274 g/mol. The van der Waals surface area contributed by atoms with E-state index in [2.05, 4.69) is 17.2 Å². The largest absolute Gasteiger partial charge is 0.464 e. The smallest absolute Gasteiger partial charge is 0.139 e. The van der Waals surface area contributed by atoms with Crippen LogP contribution in [-0.2, 0) is 0 Å². The van der Waals surface area contributed by atoms with Crippen molar-refractivity contribution in [1.29, 1.82) is 0 Å². The number of nitrogens with zero attached hydrogens (tertiary/aromatic N) is 1. The summed E-state index contributed by atoms with van der Waals surface area (Å²) in [6, 6.07) is 3.87. The lowest BCUT2D eigenvalue weighted by molar-refractivity contribution is 0.581. The molecule has 110 valence electrons. The molecule has 0 aromatic carbocycles. The highest BCUT2D eigenvalue weighted by atomic mass is 16.3. The molecule has 2 heterocycles. The fourth-order valence-electron chi connectivity index (χ4n) is 2.50. The second-order valence-corrected chi connectivity index (χ2v) is 5.39. The first-order chi connectivity index (χ1) is 9.92. The van der Waals surface area contributed by atoms with Crippen LogP contribution in [-0.4, -0.2) is 11.5 Å². The monoisotopic (exact) mass is 274 g/mol. The van der Waals surface area contributed by atoms with Crippen LogP contribution in [0, 0.1) is 0 Å². The summed E-state index contributed by atoms with van der Waals surface area (Å²) in [5.74, 6) is 0.944. The Morgan fingerprint density at radius 3 is 2.55 bits per heavy atom. The molecule has 0 fully saturated rings. The number of furan rings is 1. The van der Waals surface area contributed by atoms with Gasteiger partial charge >= 0.3 is 0 Å². The summed E-state index contributed by atoms with van der Waals surface area (Å²) in [5, 5.41) is 4.49. The van der Waals surface area contributed by atoms with Gasteiger partial charge in [0.2, 0.25) is 0 Å². The van der Waals surface area contributed by atoms with Crippen LogP contribution in [0.4, 0.5) is 5.82 Å². The lowest BCUT2D eigenvalue weighted by Crippen LogP contribution is -2.03. The third-order valence-corrected chi connectivity index (χ3v) is 3.70. The van der Waals surface area contributed by atoms with Crippen molar-refractivity contribution in [2.75, 3.05) is 11.9 Å².